The third-order valence-electron chi connectivity index (χ3n) is 3.88. The van der Waals surface area contributed by atoms with Gasteiger partial charge >= 0.3 is 0 Å². The molecular weight excluding hydrogens is 286 g/mol. The van der Waals surface area contributed by atoms with Gasteiger partial charge in [-0.1, -0.05) is 45.2 Å². The summed E-state index contributed by atoms with van der Waals surface area (Å²) >= 11 is 0. The normalized spacial score (nSPS) is 17.1. The Hall–Kier alpha value is -1.20. The van der Waals surface area contributed by atoms with Crippen molar-refractivity contribution >= 4 is 15.8 Å². The smallest absolute Gasteiger partial charge is 0.240 e. The second-order valence-electron chi connectivity index (χ2n) is 6.00. The topological polar surface area (TPSA) is 63.2 Å². The standard InChI is InChI=1S/C16H23NO3S/c1-12(2)16(18)13-7-6-10-15(11-13)21(19,20)17-14-8-4-3-5-9-14/h6-7,10-12,14,17H,3-5,8-9H2,1-2H3. The van der Waals surface area contributed by atoms with Crippen molar-refractivity contribution in [2.75, 3.05) is 0 Å². The summed E-state index contributed by atoms with van der Waals surface area (Å²) in [6.45, 7) is 3.62. The molecule has 0 spiro atoms. The van der Waals surface area contributed by atoms with Gasteiger partial charge in [0, 0.05) is 17.5 Å². The first kappa shape index (κ1) is 16.2. The lowest BCUT2D eigenvalue weighted by Gasteiger charge is -2.22. The maximum absolute atomic E-state index is 12.4. The number of Topliss-reactive ketones (excluding diaryl/α,β-unsaturated/α-hetero) is 1. The van der Waals surface area contributed by atoms with E-state index in [4.69, 9.17) is 0 Å². The molecule has 0 atom stereocenters. The first-order valence-corrected chi connectivity index (χ1v) is 9.05. The largest absolute Gasteiger partial charge is 0.294 e. The Labute approximate surface area is 127 Å². The highest BCUT2D eigenvalue weighted by atomic mass is 32.2. The summed E-state index contributed by atoms with van der Waals surface area (Å²) < 4.78 is 27.6. The number of sulfonamides is 1. The average Bonchev–Trinajstić information content (AvgIpc) is 2.47. The van der Waals surface area contributed by atoms with Gasteiger partial charge in [0.05, 0.1) is 4.90 Å². The van der Waals surface area contributed by atoms with E-state index in [0.29, 0.717) is 5.56 Å². The highest BCUT2D eigenvalue weighted by molar-refractivity contribution is 7.89. The van der Waals surface area contributed by atoms with Crippen LogP contribution in [-0.2, 0) is 10.0 Å². The fraction of sp³-hybridized carbons (Fsp3) is 0.562. The molecule has 21 heavy (non-hydrogen) atoms. The molecule has 1 aliphatic carbocycles. The molecule has 0 saturated heterocycles. The molecule has 4 nitrogen and oxygen atoms in total. The van der Waals surface area contributed by atoms with E-state index in [1.807, 2.05) is 13.8 Å². The maximum Gasteiger partial charge on any atom is 0.240 e. The van der Waals surface area contributed by atoms with Gasteiger partial charge in [0.2, 0.25) is 10.0 Å². The third kappa shape index (κ3) is 4.14. The van der Waals surface area contributed by atoms with Gasteiger partial charge in [0.25, 0.3) is 0 Å². The van der Waals surface area contributed by atoms with E-state index in [0.717, 1.165) is 25.7 Å². The summed E-state index contributed by atoms with van der Waals surface area (Å²) in [6, 6.07) is 6.34. The number of hydrogen-bond donors (Lipinski definition) is 1. The molecule has 1 N–H and O–H groups in total. The Bertz CT molecular complexity index is 602. The Kier molecular flexibility index (Phi) is 5.17. The van der Waals surface area contributed by atoms with E-state index in [1.54, 1.807) is 18.2 Å². The second-order valence-corrected chi connectivity index (χ2v) is 7.72. The minimum absolute atomic E-state index is 0.0215. The average molecular weight is 309 g/mol. The lowest BCUT2D eigenvalue weighted by Crippen LogP contribution is -2.36. The molecule has 0 aromatic heterocycles. The molecule has 0 aliphatic heterocycles. The number of nitrogens with one attached hydrogen (secondary N) is 1. The van der Waals surface area contributed by atoms with Crippen molar-refractivity contribution in [2.45, 2.75) is 56.9 Å². The SMILES string of the molecule is CC(C)C(=O)c1cccc(S(=O)(=O)NC2CCCCC2)c1. The second kappa shape index (κ2) is 6.71. The summed E-state index contributed by atoms with van der Waals surface area (Å²) in [5.74, 6) is -0.182. The van der Waals surface area contributed by atoms with Gasteiger partial charge in [-0.25, -0.2) is 13.1 Å². The Morgan fingerprint density at radius 1 is 1.19 bits per heavy atom. The molecule has 0 heterocycles. The molecule has 1 fully saturated rings. The van der Waals surface area contributed by atoms with Gasteiger partial charge in [0.1, 0.15) is 0 Å². The first-order chi connectivity index (χ1) is 9.90. The molecule has 2 rings (SSSR count). The molecule has 1 aromatic carbocycles. The van der Waals surface area contributed by atoms with Gasteiger partial charge in [-0.15, -0.1) is 0 Å². The van der Waals surface area contributed by atoms with E-state index < -0.39 is 10.0 Å². The summed E-state index contributed by atoms with van der Waals surface area (Å²) in [6.07, 6.45) is 5.10. The zero-order valence-corrected chi connectivity index (χ0v) is 13.4. The summed E-state index contributed by atoms with van der Waals surface area (Å²) in [4.78, 5) is 12.2. The van der Waals surface area contributed by atoms with Crippen LogP contribution in [-0.4, -0.2) is 20.2 Å². The lowest BCUT2D eigenvalue weighted by molar-refractivity contribution is 0.0939. The molecule has 0 amide bonds. The zero-order chi connectivity index (χ0) is 15.5. The van der Waals surface area contributed by atoms with Crippen molar-refractivity contribution < 1.29 is 13.2 Å². The van der Waals surface area contributed by atoms with E-state index >= 15 is 0 Å². The number of carbonyl (C=O) groups is 1. The van der Waals surface area contributed by atoms with Crippen LogP contribution in [0.4, 0.5) is 0 Å². The first-order valence-electron chi connectivity index (χ1n) is 7.57. The summed E-state index contributed by atoms with van der Waals surface area (Å²) in [5.41, 5.74) is 0.455. The fourth-order valence-electron chi connectivity index (χ4n) is 2.66. The van der Waals surface area contributed by atoms with Gasteiger partial charge in [-0.05, 0) is 25.0 Å². The molecule has 0 bridgehead atoms. The van der Waals surface area contributed by atoms with Crippen LogP contribution in [0.25, 0.3) is 0 Å². The van der Waals surface area contributed by atoms with Crippen LogP contribution >= 0.6 is 0 Å². The maximum atomic E-state index is 12.4. The molecule has 1 aromatic rings. The van der Waals surface area contributed by atoms with E-state index in [2.05, 4.69) is 4.72 Å². The zero-order valence-electron chi connectivity index (χ0n) is 12.6. The monoisotopic (exact) mass is 309 g/mol. The summed E-state index contributed by atoms with van der Waals surface area (Å²) in [7, 11) is -3.54. The molecule has 5 heteroatoms. The van der Waals surface area contributed by atoms with Gasteiger partial charge < -0.3 is 0 Å². The minimum atomic E-state index is -3.54. The molecule has 0 radical (unpaired) electrons. The Balaban J connectivity index is 2.19. The van der Waals surface area contributed by atoms with Crippen molar-refractivity contribution in [2.24, 2.45) is 5.92 Å². The lowest BCUT2D eigenvalue weighted by atomic mass is 9.96. The number of rotatable bonds is 5. The molecule has 1 aliphatic rings. The highest BCUT2D eigenvalue weighted by Gasteiger charge is 2.22. The van der Waals surface area contributed by atoms with Crippen LogP contribution in [0, 0.1) is 5.92 Å². The van der Waals surface area contributed by atoms with Crippen LogP contribution in [0.5, 0.6) is 0 Å². The molecule has 1 saturated carbocycles. The van der Waals surface area contributed by atoms with Crippen LogP contribution < -0.4 is 4.72 Å². The Morgan fingerprint density at radius 2 is 1.86 bits per heavy atom. The number of hydrogen-bond acceptors (Lipinski definition) is 3. The molecular formula is C16H23NO3S. The van der Waals surface area contributed by atoms with Crippen molar-refractivity contribution in [1.29, 1.82) is 0 Å². The van der Waals surface area contributed by atoms with Crippen LogP contribution in [0.2, 0.25) is 0 Å². The number of carbonyl (C=O) groups excluding carboxylic acids is 1. The summed E-state index contributed by atoms with van der Waals surface area (Å²) in [5, 5.41) is 0. The molecule has 116 valence electrons. The van der Waals surface area contributed by atoms with Crippen LogP contribution in [0.3, 0.4) is 0 Å². The van der Waals surface area contributed by atoms with E-state index in [1.165, 1.54) is 12.5 Å². The van der Waals surface area contributed by atoms with E-state index in [-0.39, 0.29) is 22.6 Å². The third-order valence-corrected chi connectivity index (χ3v) is 5.40. The predicted molar refractivity (Wildman–Crippen MR) is 82.8 cm³/mol. The Morgan fingerprint density at radius 3 is 2.48 bits per heavy atom. The van der Waals surface area contributed by atoms with E-state index in [9.17, 15) is 13.2 Å². The minimum Gasteiger partial charge on any atom is -0.294 e. The van der Waals surface area contributed by atoms with Gasteiger partial charge in [-0.3, -0.25) is 4.79 Å². The van der Waals surface area contributed by atoms with Crippen LogP contribution in [0.15, 0.2) is 29.2 Å². The highest BCUT2D eigenvalue weighted by Crippen LogP contribution is 2.21. The van der Waals surface area contributed by atoms with Gasteiger partial charge in [-0.2, -0.15) is 0 Å². The van der Waals surface area contributed by atoms with Crippen molar-refractivity contribution in [1.82, 2.24) is 4.72 Å². The fourth-order valence-corrected chi connectivity index (χ4v) is 4.01. The van der Waals surface area contributed by atoms with Crippen molar-refractivity contribution in [3.8, 4) is 0 Å². The van der Waals surface area contributed by atoms with Crippen molar-refractivity contribution in [3.05, 3.63) is 29.8 Å². The number of benzene rings is 1. The van der Waals surface area contributed by atoms with Gasteiger partial charge in [0.15, 0.2) is 5.78 Å². The quantitative estimate of drug-likeness (QED) is 0.850. The van der Waals surface area contributed by atoms with Crippen LogP contribution in [0.1, 0.15) is 56.3 Å². The van der Waals surface area contributed by atoms with Crippen molar-refractivity contribution in [3.63, 3.8) is 0 Å². The number of ketones is 1. The predicted octanol–water partition coefficient (Wildman–Crippen LogP) is 3.14. The molecule has 0 unspecified atom stereocenters.